The standard InChI is InChI=1S/C12H25NO/c1-11(2,3)10-5-7-12(9-14,13-4)8-6-10/h10,13-14H,5-9H2,1-4H3. The van der Waals surface area contributed by atoms with Crippen molar-refractivity contribution < 1.29 is 5.11 Å². The van der Waals surface area contributed by atoms with Crippen molar-refractivity contribution >= 4 is 0 Å². The Kier molecular flexibility index (Phi) is 3.59. The van der Waals surface area contributed by atoms with Gasteiger partial charge in [0.25, 0.3) is 0 Å². The predicted molar refractivity (Wildman–Crippen MR) is 60.3 cm³/mol. The van der Waals surface area contributed by atoms with Crippen LogP contribution in [0.3, 0.4) is 0 Å². The second kappa shape index (κ2) is 4.19. The number of nitrogens with one attached hydrogen (secondary N) is 1. The lowest BCUT2D eigenvalue weighted by molar-refractivity contribution is 0.0743. The number of hydrogen-bond acceptors (Lipinski definition) is 2. The van der Waals surface area contributed by atoms with E-state index in [4.69, 9.17) is 0 Å². The highest BCUT2D eigenvalue weighted by Crippen LogP contribution is 2.41. The second-order valence-corrected chi connectivity index (χ2v) is 5.83. The van der Waals surface area contributed by atoms with Crippen LogP contribution in [0.2, 0.25) is 0 Å². The predicted octanol–water partition coefficient (Wildman–Crippen LogP) is 2.17. The van der Waals surface area contributed by atoms with Crippen LogP contribution in [0.5, 0.6) is 0 Å². The van der Waals surface area contributed by atoms with Crippen molar-refractivity contribution in [2.75, 3.05) is 13.7 Å². The zero-order valence-corrected chi connectivity index (χ0v) is 10.1. The summed E-state index contributed by atoms with van der Waals surface area (Å²) < 4.78 is 0. The molecule has 0 spiro atoms. The van der Waals surface area contributed by atoms with Crippen LogP contribution in [-0.2, 0) is 0 Å². The fourth-order valence-electron chi connectivity index (χ4n) is 2.52. The molecule has 2 nitrogen and oxygen atoms in total. The first-order valence-electron chi connectivity index (χ1n) is 5.73. The average molecular weight is 199 g/mol. The molecule has 0 atom stereocenters. The van der Waals surface area contributed by atoms with Gasteiger partial charge in [0.15, 0.2) is 0 Å². The molecule has 0 heterocycles. The third-order valence-corrected chi connectivity index (χ3v) is 4.00. The quantitative estimate of drug-likeness (QED) is 0.714. The maximum Gasteiger partial charge on any atom is 0.0613 e. The van der Waals surface area contributed by atoms with Gasteiger partial charge in [0.05, 0.1) is 6.61 Å². The zero-order valence-electron chi connectivity index (χ0n) is 10.1. The third-order valence-electron chi connectivity index (χ3n) is 4.00. The number of likely N-dealkylation sites (N-methyl/N-ethyl adjacent to an activating group) is 1. The molecule has 0 unspecified atom stereocenters. The van der Waals surface area contributed by atoms with Gasteiger partial charge in [-0.1, -0.05) is 20.8 Å². The van der Waals surface area contributed by atoms with E-state index in [0.717, 1.165) is 18.8 Å². The van der Waals surface area contributed by atoms with Crippen molar-refractivity contribution in [3.05, 3.63) is 0 Å². The Hall–Kier alpha value is -0.0800. The molecule has 2 heteroatoms. The van der Waals surface area contributed by atoms with E-state index in [9.17, 15) is 5.11 Å². The molecule has 2 N–H and O–H groups in total. The van der Waals surface area contributed by atoms with Gasteiger partial charge in [0, 0.05) is 5.54 Å². The highest BCUT2D eigenvalue weighted by Gasteiger charge is 2.37. The van der Waals surface area contributed by atoms with Gasteiger partial charge in [-0.25, -0.2) is 0 Å². The fourth-order valence-corrected chi connectivity index (χ4v) is 2.52. The monoisotopic (exact) mass is 199 g/mol. The van der Waals surface area contributed by atoms with Crippen molar-refractivity contribution in [3.63, 3.8) is 0 Å². The molecule has 0 aromatic rings. The summed E-state index contributed by atoms with van der Waals surface area (Å²) in [6.45, 7) is 7.25. The third kappa shape index (κ3) is 2.48. The molecule has 0 aromatic heterocycles. The zero-order chi connectivity index (χ0) is 10.8. The molecule has 1 fully saturated rings. The van der Waals surface area contributed by atoms with Crippen LogP contribution in [0.15, 0.2) is 0 Å². The van der Waals surface area contributed by atoms with E-state index < -0.39 is 0 Å². The number of aliphatic hydroxyl groups is 1. The SMILES string of the molecule is CNC1(CO)CCC(C(C)(C)C)CC1. The molecule has 1 rings (SSSR count). The van der Waals surface area contributed by atoms with E-state index in [2.05, 4.69) is 26.1 Å². The van der Waals surface area contributed by atoms with Crippen LogP contribution < -0.4 is 5.32 Å². The molecule has 1 aliphatic rings. The normalized spacial score (nSPS) is 34.5. The molecule has 0 aliphatic heterocycles. The highest BCUT2D eigenvalue weighted by molar-refractivity contribution is 4.93. The van der Waals surface area contributed by atoms with Crippen LogP contribution in [0.25, 0.3) is 0 Å². The van der Waals surface area contributed by atoms with Gasteiger partial charge >= 0.3 is 0 Å². The minimum Gasteiger partial charge on any atom is -0.394 e. The van der Waals surface area contributed by atoms with Gasteiger partial charge < -0.3 is 10.4 Å². The smallest absolute Gasteiger partial charge is 0.0613 e. The van der Waals surface area contributed by atoms with E-state index in [-0.39, 0.29) is 12.1 Å². The molecule has 0 amide bonds. The first-order valence-corrected chi connectivity index (χ1v) is 5.73. The van der Waals surface area contributed by atoms with E-state index in [1.54, 1.807) is 0 Å². The molecule has 14 heavy (non-hydrogen) atoms. The Morgan fingerprint density at radius 2 is 1.79 bits per heavy atom. The molecule has 0 radical (unpaired) electrons. The van der Waals surface area contributed by atoms with E-state index in [1.807, 2.05) is 7.05 Å². The van der Waals surface area contributed by atoms with E-state index in [0.29, 0.717) is 5.41 Å². The first-order chi connectivity index (χ1) is 6.43. The average Bonchev–Trinajstić information content (AvgIpc) is 2.16. The lowest BCUT2D eigenvalue weighted by atomic mass is 9.67. The summed E-state index contributed by atoms with van der Waals surface area (Å²) in [6, 6.07) is 0. The summed E-state index contributed by atoms with van der Waals surface area (Å²) in [5.41, 5.74) is 0.442. The lowest BCUT2D eigenvalue weighted by Gasteiger charge is -2.43. The summed E-state index contributed by atoms with van der Waals surface area (Å²) >= 11 is 0. The van der Waals surface area contributed by atoms with Crippen molar-refractivity contribution in [3.8, 4) is 0 Å². The molecule has 0 saturated heterocycles. The summed E-state index contributed by atoms with van der Waals surface area (Å²) in [5.74, 6) is 0.815. The number of rotatable bonds is 2. The Labute approximate surface area is 88.1 Å². The van der Waals surface area contributed by atoms with Gasteiger partial charge in [-0.05, 0) is 44.1 Å². The molecule has 0 bridgehead atoms. The largest absolute Gasteiger partial charge is 0.394 e. The molecular weight excluding hydrogens is 174 g/mol. The Bertz CT molecular complexity index is 169. The second-order valence-electron chi connectivity index (χ2n) is 5.83. The van der Waals surface area contributed by atoms with Gasteiger partial charge in [0.2, 0.25) is 0 Å². The van der Waals surface area contributed by atoms with Gasteiger partial charge in [-0.15, -0.1) is 0 Å². The Morgan fingerprint density at radius 3 is 2.07 bits per heavy atom. The first kappa shape index (κ1) is 12.0. The van der Waals surface area contributed by atoms with Crippen LogP contribution in [0, 0.1) is 11.3 Å². The number of aliphatic hydroxyl groups excluding tert-OH is 1. The van der Waals surface area contributed by atoms with Gasteiger partial charge in [-0.2, -0.15) is 0 Å². The summed E-state index contributed by atoms with van der Waals surface area (Å²) in [6.07, 6.45) is 4.71. The van der Waals surface area contributed by atoms with Crippen molar-refractivity contribution in [2.45, 2.75) is 52.0 Å². The maximum absolute atomic E-state index is 9.37. The van der Waals surface area contributed by atoms with E-state index >= 15 is 0 Å². The Balaban J connectivity index is 2.53. The summed E-state index contributed by atoms with van der Waals surface area (Å²) in [5, 5.41) is 12.7. The highest BCUT2D eigenvalue weighted by atomic mass is 16.3. The Morgan fingerprint density at radius 1 is 1.29 bits per heavy atom. The molecular formula is C12H25NO. The summed E-state index contributed by atoms with van der Waals surface area (Å²) in [7, 11) is 1.97. The number of hydrogen-bond donors (Lipinski definition) is 2. The van der Waals surface area contributed by atoms with Crippen LogP contribution in [-0.4, -0.2) is 24.3 Å². The van der Waals surface area contributed by atoms with Crippen LogP contribution in [0.1, 0.15) is 46.5 Å². The maximum atomic E-state index is 9.37. The molecule has 1 aliphatic carbocycles. The van der Waals surface area contributed by atoms with Crippen molar-refractivity contribution in [1.29, 1.82) is 0 Å². The molecule has 1 saturated carbocycles. The molecule has 84 valence electrons. The van der Waals surface area contributed by atoms with Gasteiger partial charge in [-0.3, -0.25) is 0 Å². The minimum absolute atomic E-state index is 0.0156. The minimum atomic E-state index is 0.0156. The summed E-state index contributed by atoms with van der Waals surface area (Å²) in [4.78, 5) is 0. The fraction of sp³-hybridized carbons (Fsp3) is 1.00. The van der Waals surface area contributed by atoms with Crippen molar-refractivity contribution in [2.24, 2.45) is 11.3 Å². The van der Waals surface area contributed by atoms with E-state index in [1.165, 1.54) is 12.8 Å². The van der Waals surface area contributed by atoms with Crippen LogP contribution >= 0.6 is 0 Å². The van der Waals surface area contributed by atoms with Gasteiger partial charge in [0.1, 0.15) is 0 Å². The lowest BCUT2D eigenvalue weighted by Crippen LogP contribution is -2.50. The molecule has 0 aromatic carbocycles. The topological polar surface area (TPSA) is 32.3 Å². The van der Waals surface area contributed by atoms with Crippen LogP contribution in [0.4, 0.5) is 0 Å². The van der Waals surface area contributed by atoms with Crippen molar-refractivity contribution in [1.82, 2.24) is 5.32 Å².